The second kappa shape index (κ2) is 12.0. The molecule has 2 aromatic heterocycles. The van der Waals surface area contributed by atoms with Crippen LogP contribution in [0.15, 0.2) is 67.0 Å². The van der Waals surface area contributed by atoms with Gasteiger partial charge < -0.3 is 20.1 Å². The van der Waals surface area contributed by atoms with Gasteiger partial charge in [0.25, 0.3) is 0 Å². The Bertz CT molecular complexity index is 1490. The molecule has 0 bridgehead atoms. The van der Waals surface area contributed by atoms with Crippen molar-refractivity contribution < 1.29 is 9.47 Å². The lowest BCUT2D eigenvalue weighted by Gasteiger charge is -2.15. The van der Waals surface area contributed by atoms with Crippen LogP contribution in [-0.2, 0) is 6.61 Å². The summed E-state index contributed by atoms with van der Waals surface area (Å²) in [6.45, 7) is 3.85. The second-order valence-corrected chi connectivity index (χ2v) is 9.35. The van der Waals surface area contributed by atoms with Crippen LogP contribution in [0.4, 0.5) is 11.4 Å². The van der Waals surface area contributed by atoms with Gasteiger partial charge in [-0.15, -0.1) is 0 Å². The van der Waals surface area contributed by atoms with E-state index in [9.17, 15) is 5.26 Å². The highest BCUT2D eigenvalue weighted by atomic mass is 35.5. The number of nitrogens with zero attached hydrogens (tertiary/aromatic N) is 3. The minimum atomic E-state index is 0.315. The zero-order valence-corrected chi connectivity index (χ0v) is 21.8. The molecule has 38 heavy (non-hydrogen) atoms. The molecule has 0 aliphatic carbocycles. The fourth-order valence-corrected chi connectivity index (χ4v) is 4.67. The summed E-state index contributed by atoms with van der Waals surface area (Å²) in [5, 5.41) is 18.0. The highest BCUT2D eigenvalue weighted by Crippen LogP contribution is 2.36. The van der Waals surface area contributed by atoms with Crippen molar-refractivity contribution in [1.29, 1.82) is 5.26 Å². The van der Waals surface area contributed by atoms with Gasteiger partial charge in [0, 0.05) is 41.1 Å². The summed E-state index contributed by atoms with van der Waals surface area (Å²) in [5.74, 6) is 1.31. The van der Waals surface area contributed by atoms with Gasteiger partial charge in [0.1, 0.15) is 24.2 Å². The Morgan fingerprint density at radius 1 is 1.16 bits per heavy atom. The molecule has 7 nitrogen and oxygen atoms in total. The molecule has 0 radical (unpaired) electrons. The molecule has 0 amide bonds. The first-order valence-corrected chi connectivity index (χ1v) is 13.0. The Morgan fingerprint density at radius 2 is 2.08 bits per heavy atom. The number of aromatic nitrogens is 2. The van der Waals surface area contributed by atoms with Crippen LogP contribution in [0.25, 0.3) is 17.0 Å². The monoisotopic (exact) mass is 525 g/mol. The van der Waals surface area contributed by atoms with Crippen LogP contribution in [0.1, 0.15) is 36.6 Å². The number of nitrogens with one attached hydrogen (secondary N) is 2. The van der Waals surface area contributed by atoms with E-state index in [0.717, 1.165) is 46.6 Å². The number of benzene rings is 2. The fourth-order valence-electron chi connectivity index (χ4n) is 4.44. The van der Waals surface area contributed by atoms with E-state index in [1.165, 1.54) is 6.42 Å². The third-order valence-electron chi connectivity index (χ3n) is 6.33. The molecule has 8 heteroatoms. The van der Waals surface area contributed by atoms with E-state index in [4.69, 9.17) is 21.1 Å². The number of anilines is 2. The Kier molecular flexibility index (Phi) is 8.03. The molecule has 1 fully saturated rings. The predicted molar refractivity (Wildman–Crippen MR) is 151 cm³/mol. The lowest BCUT2D eigenvalue weighted by molar-refractivity contribution is 0.301. The third-order valence-corrected chi connectivity index (χ3v) is 6.62. The first-order chi connectivity index (χ1) is 18.6. The van der Waals surface area contributed by atoms with E-state index >= 15 is 0 Å². The largest absolute Gasteiger partial charge is 0.493 e. The summed E-state index contributed by atoms with van der Waals surface area (Å²) in [7, 11) is 0. The van der Waals surface area contributed by atoms with Crippen molar-refractivity contribution in [3.8, 4) is 17.6 Å². The van der Waals surface area contributed by atoms with Crippen LogP contribution < -0.4 is 20.1 Å². The number of rotatable bonds is 9. The average molecular weight is 526 g/mol. The van der Waals surface area contributed by atoms with Crippen LogP contribution >= 0.6 is 11.6 Å². The molecular formula is C30H28ClN5O2. The highest BCUT2D eigenvalue weighted by molar-refractivity contribution is 6.32. The van der Waals surface area contributed by atoms with E-state index in [1.807, 2.05) is 43.3 Å². The van der Waals surface area contributed by atoms with E-state index in [0.29, 0.717) is 41.3 Å². The van der Waals surface area contributed by atoms with E-state index in [1.54, 1.807) is 24.5 Å². The summed E-state index contributed by atoms with van der Waals surface area (Å²) in [6, 6.07) is 17.7. The summed E-state index contributed by atoms with van der Waals surface area (Å²) in [6.07, 6.45) is 9.84. The molecule has 1 saturated heterocycles. The van der Waals surface area contributed by atoms with E-state index in [2.05, 4.69) is 38.8 Å². The number of hydrogen-bond acceptors (Lipinski definition) is 7. The summed E-state index contributed by atoms with van der Waals surface area (Å²) in [4.78, 5) is 8.80. The maximum absolute atomic E-state index is 9.86. The zero-order chi connectivity index (χ0) is 26.3. The van der Waals surface area contributed by atoms with Crippen LogP contribution in [0, 0.1) is 11.3 Å². The van der Waals surface area contributed by atoms with Crippen LogP contribution in [0.3, 0.4) is 0 Å². The molecule has 5 rings (SSSR count). The molecule has 1 unspecified atom stereocenters. The van der Waals surface area contributed by atoms with Crippen molar-refractivity contribution >= 4 is 40.0 Å². The molecule has 1 aliphatic heterocycles. The highest BCUT2D eigenvalue weighted by Gasteiger charge is 2.15. The minimum absolute atomic E-state index is 0.315. The molecule has 3 heterocycles. The minimum Gasteiger partial charge on any atom is -0.493 e. The van der Waals surface area contributed by atoms with Gasteiger partial charge in [0.05, 0.1) is 34.1 Å². The standard InChI is InChI=1S/C30H28ClN5O2/c1-2-37-29-16-27-25(14-20(29)8-9-22-7-5-13-33-22)30(21(17-32)18-35-27)36-23-10-11-28(26(31)15-23)38-19-24-6-3-4-12-34-24/h3-4,6,8-12,14-16,18,22,33H,2,5,7,13,19H2,1H3,(H,35,36)/b9-8+. The topological polar surface area (TPSA) is 92.1 Å². The summed E-state index contributed by atoms with van der Waals surface area (Å²) < 4.78 is 11.8. The first kappa shape index (κ1) is 25.5. The SMILES string of the molecule is CCOc1cc2ncc(C#N)c(Nc3ccc(OCc4ccccn4)c(Cl)c3)c2cc1/C=C/C1CCCN1. The molecule has 0 spiro atoms. The van der Waals surface area contributed by atoms with Gasteiger partial charge in [-0.2, -0.15) is 5.26 Å². The molecule has 1 aliphatic rings. The van der Waals surface area contributed by atoms with Gasteiger partial charge in [-0.3, -0.25) is 9.97 Å². The quantitative estimate of drug-likeness (QED) is 0.253. The third kappa shape index (κ3) is 5.88. The van der Waals surface area contributed by atoms with E-state index < -0.39 is 0 Å². The fraction of sp³-hybridized carbons (Fsp3) is 0.233. The number of nitriles is 1. The molecule has 1 atom stereocenters. The van der Waals surface area contributed by atoms with Crippen LogP contribution in [0.2, 0.25) is 5.02 Å². The molecule has 192 valence electrons. The average Bonchev–Trinajstić information content (AvgIpc) is 3.46. The number of ether oxygens (including phenoxy) is 2. The van der Waals surface area contributed by atoms with Crippen molar-refractivity contribution in [1.82, 2.24) is 15.3 Å². The van der Waals surface area contributed by atoms with Gasteiger partial charge >= 0.3 is 0 Å². The Labute approximate surface area is 227 Å². The summed E-state index contributed by atoms with van der Waals surface area (Å²) >= 11 is 6.54. The van der Waals surface area contributed by atoms with Crippen molar-refractivity contribution in [3.05, 3.63) is 88.8 Å². The molecule has 4 aromatic rings. The van der Waals surface area contributed by atoms with Crippen LogP contribution in [0.5, 0.6) is 11.5 Å². The molecular weight excluding hydrogens is 498 g/mol. The van der Waals surface area contributed by atoms with Gasteiger partial charge in [0.15, 0.2) is 0 Å². The Morgan fingerprint density at radius 3 is 2.82 bits per heavy atom. The lowest BCUT2D eigenvalue weighted by atomic mass is 10.0. The smallest absolute Gasteiger partial charge is 0.138 e. The Balaban J connectivity index is 1.46. The van der Waals surface area contributed by atoms with Gasteiger partial charge in [-0.1, -0.05) is 29.8 Å². The van der Waals surface area contributed by atoms with Gasteiger partial charge in [-0.05, 0) is 62.7 Å². The predicted octanol–water partition coefficient (Wildman–Crippen LogP) is 6.64. The number of fused-ring (bicyclic) bond motifs is 1. The van der Waals surface area contributed by atoms with Gasteiger partial charge in [-0.25, -0.2) is 0 Å². The number of pyridine rings is 2. The summed E-state index contributed by atoms with van der Waals surface area (Å²) in [5.41, 5.74) is 4.29. The maximum atomic E-state index is 9.86. The molecule has 2 N–H and O–H groups in total. The van der Waals surface area contributed by atoms with Gasteiger partial charge in [0.2, 0.25) is 0 Å². The van der Waals surface area contributed by atoms with Crippen molar-refractivity contribution in [2.75, 3.05) is 18.5 Å². The van der Waals surface area contributed by atoms with Crippen LogP contribution in [-0.4, -0.2) is 29.2 Å². The molecule has 0 saturated carbocycles. The molecule has 2 aromatic carbocycles. The lowest BCUT2D eigenvalue weighted by Crippen LogP contribution is -2.17. The van der Waals surface area contributed by atoms with Crippen molar-refractivity contribution in [2.24, 2.45) is 0 Å². The number of halogens is 1. The van der Waals surface area contributed by atoms with Crippen molar-refractivity contribution in [2.45, 2.75) is 32.4 Å². The number of hydrogen-bond donors (Lipinski definition) is 2. The second-order valence-electron chi connectivity index (χ2n) is 8.94. The Hall–Kier alpha value is -4.12. The maximum Gasteiger partial charge on any atom is 0.138 e. The normalized spacial score (nSPS) is 15.0. The zero-order valence-electron chi connectivity index (χ0n) is 21.1. The van der Waals surface area contributed by atoms with E-state index in [-0.39, 0.29) is 0 Å². The first-order valence-electron chi connectivity index (χ1n) is 12.6. The van der Waals surface area contributed by atoms with Crippen molar-refractivity contribution in [3.63, 3.8) is 0 Å².